The number of halogens is 1. The molecule has 0 amide bonds. The Labute approximate surface area is 126 Å². The number of aliphatic hydroxyl groups is 1. The fourth-order valence-corrected chi connectivity index (χ4v) is 2.42. The lowest BCUT2D eigenvalue weighted by atomic mass is 10.2. The van der Waals surface area contributed by atoms with Crippen molar-refractivity contribution in [3.63, 3.8) is 0 Å². The van der Waals surface area contributed by atoms with E-state index in [0.29, 0.717) is 5.02 Å². The Balaban J connectivity index is 2.58. The number of nitrogens with zero attached hydrogens (tertiary/aromatic N) is 1. The lowest BCUT2D eigenvalue weighted by Crippen LogP contribution is -2.44. The summed E-state index contributed by atoms with van der Waals surface area (Å²) in [6.45, 7) is 6.20. The third-order valence-electron chi connectivity index (χ3n) is 2.86. The largest absolute Gasteiger partial charge is 0.374 e. The van der Waals surface area contributed by atoms with E-state index in [9.17, 15) is 5.11 Å². The molecule has 5 heteroatoms. The Morgan fingerprint density at radius 2 is 1.74 bits per heavy atom. The molecule has 0 aliphatic heterocycles. The van der Waals surface area contributed by atoms with Gasteiger partial charge in [-0.05, 0) is 30.5 Å². The van der Waals surface area contributed by atoms with E-state index in [-0.39, 0.29) is 5.50 Å². The van der Waals surface area contributed by atoms with Crippen LogP contribution in [0.15, 0.2) is 24.3 Å². The molecule has 0 heterocycles. The Kier molecular flexibility index (Phi) is 7.80. The van der Waals surface area contributed by atoms with E-state index in [0.717, 1.165) is 31.5 Å². The van der Waals surface area contributed by atoms with E-state index >= 15 is 0 Å². The molecule has 0 spiro atoms. The van der Waals surface area contributed by atoms with E-state index in [1.165, 1.54) is 0 Å². The smallest absolute Gasteiger partial charge is 0.132 e. The van der Waals surface area contributed by atoms with E-state index < -0.39 is 6.23 Å². The average molecular weight is 303 g/mol. The highest BCUT2D eigenvalue weighted by molar-refractivity contribution is 7.80. The third-order valence-corrected chi connectivity index (χ3v) is 3.59. The van der Waals surface area contributed by atoms with Gasteiger partial charge in [0, 0.05) is 18.1 Å². The Bertz CT molecular complexity index is 355. The molecule has 2 unspecified atom stereocenters. The van der Waals surface area contributed by atoms with Gasteiger partial charge in [0.15, 0.2) is 0 Å². The zero-order valence-electron chi connectivity index (χ0n) is 11.5. The summed E-state index contributed by atoms with van der Waals surface area (Å²) in [5.41, 5.74) is 0.627. The number of thiol groups is 1. The summed E-state index contributed by atoms with van der Waals surface area (Å²) in [6.07, 6.45) is 1.39. The van der Waals surface area contributed by atoms with Gasteiger partial charge in [0.25, 0.3) is 0 Å². The molecule has 0 saturated heterocycles. The maximum absolute atomic E-state index is 10.1. The van der Waals surface area contributed by atoms with Gasteiger partial charge in [-0.2, -0.15) is 0 Å². The number of benzene rings is 1. The number of rotatable bonds is 8. The quantitative estimate of drug-likeness (QED) is 0.509. The first-order chi connectivity index (χ1) is 9.08. The van der Waals surface area contributed by atoms with Crippen molar-refractivity contribution in [2.24, 2.45) is 0 Å². The van der Waals surface area contributed by atoms with Crippen molar-refractivity contribution in [2.75, 3.05) is 13.1 Å². The van der Waals surface area contributed by atoms with Crippen LogP contribution in [0.1, 0.15) is 38.5 Å². The van der Waals surface area contributed by atoms with Gasteiger partial charge in [-0.3, -0.25) is 10.2 Å². The lowest BCUT2D eigenvalue weighted by molar-refractivity contribution is 0.0973. The van der Waals surface area contributed by atoms with E-state index in [4.69, 9.17) is 11.6 Å². The molecule has 0 aromatic heterocycles. The Morgan fingerprint density at radius 3 is 2.21 bits per heavy atom. The molecule has 0 aliphatic rings. The van der Waals surface area contributed by atoms with E-state index in [2.05, 4.69) is 36.7 Å². The van der Waals surface area contributed by atoms with Gasteiger partial charge in [0.05, 0.1) is 0 Å². The molecule has 1 aromatic carbocycles. The molecule has 2 atom stereocenters. The predicted molar refractivity (Wildman–Crippen MR) is 84.5 cm³/mol. The third kappa shape index (κ3) is 5.71. The average Bonchev–Trinajstić information content (AvgIpc) is 2.39. The van der Waals surface area contributed by atoms with Crippen molar-refractivity contribution in [3.05, 3.63) is 34.9 Å². The van der Waals surface area contributed by atoms with Crippen molar-refractivity contribution < 1.29 is 5.11 Å². The van der Waals surface area contributed by atoms with Gasteiger partial charge in [-0.1, -0.05) is 37.6 Å². The first-order valence-corrected chi connectivity index (χ1v) is 7.59. The van der Waals surface area contributed by atoms with Gasteiger partial charge in [0.1, 0.15) is 11.7 Å². The molecule has 0 fully saturated rings. The summed E-state index contributed by atoms with van der Waals surface area (Å²) in [7, 11) is 0. The van der Waals surface area contributed by atoms with Crippen LogP contribution < -0.4 is 5.32 Å². The molecule has 0 aliphatic carbocycles. The first-order valence-electron chi connectivity index (χ1n) is 6.70. The van der Waals surface area contributed by atoms with Crippen LogP contribution in [0, 0.1) is 0 Å². The number of nitrogens with one attached hydrogen (secondary N) is 1. The minimum Gasteiger partial charge on any atom is -0.374 e. The fraction of sp³-hybridized carbons (Fsp3) is 0.571. The predicted octanol–water partition coefficient (Wildman–Crippen LogP) is 3.26. The van der Waals surface area contributed by atoms with Crippen LogP contribution in [-0.4, -0.2) is 28.6 Å². The molecule has 108 valence electrons. The van der Waals surface area contributed by atoms with Gasteiger partial charge < -0.3 is 5.11 Å². The minimum absolute atomic E-state index is 0.162. The van der Waals surface area contributed by atoms with E-state index in [1.54, 1.807) is 12.1 Å². The van der Waals surface area contributed by atoms with Crippen LogP contribution in [-0.2, 0) is 0 Å². The molecular weight excluding hydrogens is 280 g/mol. The Hall–Kier alpha value is -0.260. The van der Waals surface area contributed by atoms with Gasteiger partial charge in [0.2, 0.25) is 0 Å². The first kappa shape index (κ1) is 16.8. The number of hydrogen-bond acceptors (Lipinski definition) is 4. The topological polar surface area (TPSA) is 35.5 Å². The minimum atomic E-state index is -0.740. The molecule has 1 rings (SSSR count). The summed E-state index contributed by atoms with van der Waals surface area (Å²) >= 11 is 10.4. The molecule has 19 heavy (non-hydrogen) atoms. The van der Waals surface area contributed by atoms with Crippen molar-refractivity contribution in [3.8, 4) is 0 Å². The van der Waals surface area contributed by atoms with Gasteiger partial charge in [-0.15, -0.1) is 12.6 Å². The lowest BCUT2D eigenvalue weighted by Gasteiger charge is -2.30. The second-order valence-corrected chi connectivity index (χ2v) is 5.46. The molecule has 1 aromatic rings. The zero-order chi connectivity index (χ0) is 14.3. The number of hydrogen-bond donors (Lipinski definition) is 3. The second-order valence-electron chi connectivity index (χ2n) is 4.53. The van der Waals surface area contributed by atoms with Crippen molar-refractivity contribution in [2.45, 2.75) is 38.4 Å². The number of aliphatic hydroxyl groups excluding tert-OH is 1. The maximum atomic E-state index is 10.1. The summed E-state index contributed by atoms with van der Waals surface area (Å²) in [4.78, 5) is 2.21. The van der Waals surface area contributed by atoms with E-state index in [1.807, 2.05) is 12.1 Å². The van der Waals surface area contributed by atoms with Gasteiger partial charge >= 0.3 is 0 Å². The standard InChI is InChI=1S/C14H23ClN2OS/c1-3-9-17(10-4-2)14(19)16-13(18)11-5-7-12(15)8-6-11/h5-8,13-14,16,18-19H,3-4,9-10H2,1-2H3. The Morgan fingerprint density at radius 1 is 1.21 bits per heavy atom. The highest BCUT2D eigenvalue weighted by Gasteiger charge is 2.17. The second kappa shape index (κ2) is 8.82. The van der Waals surface area contributed by atoms with Crippen LogP contribution in [0.5, 0.6) is 0 Å². The van der Waals surface area contributed by atoms with Crippen LogP contribution >= 0.6 is 24.2 Å². The highest BCUT2D eigenvalue weighted by atomic mass is 35.5. The van der Waals surface area contributed by atoms with Crippen LogP contribution in [0.4, 0.5) is 0 Å². The van der Waals surface area contributed by atoms with Gasteiger partial charge in [-0.25, -0.2) is 0 Å². The molecule has 0 radical (unpaired) electrons. The molecule has 0 bridgehead atoms. The molecule has 0 saturated carbocycles. The summed E-state index contributed by atoms with van der Waals surface area (Å²) in [5, 5.41) is 13.9. The normalized spacial score (nSPS) is 14.6. The summed E-state index contributed by atoms with van der Waals surface area (Å²) in [5.74, 6) is 0. The molecule has 2 N–H and O–H groups in total. The molecule has 3 nitrogen and oxygen atoms in total. The monoisotopic (exact) mass is 302 g/mol. The van der Waals surface area contributed by atoms with Crippen molar-refractivity contribution in [1.29, 1.82) is 0 Å². The fourth-order valence-electron chi connectivity index (χ4n) is 1.92. The van der Waals surface area contributed by atoms with Crippen LogP contribution in [0.2, 0.25) is 5.02 Å². The summed E-state index contributed by atoms with van der Waals surface area (Å²) in [6, 6.07) is 7.16. The zero-order valence-corrected chi connectivity index (χ0v) is 13.2. The van der Waals surface area contributed by atoms with Crippen LogP contribution in [0.3, 0.4) is 0 Å². The SMILES string of the molecule is CCCN(CCC)C(S)NC(O)c1ccc(Cl)cc1. The molecular formula is C14H23ClN2OS. The highest BCUT2D eigenvalue weighted by Crippen LogP contribution is 2.16. The summed E-state index contributed by atoms with van der Waals surface area (Å²) < 4.78 is 0. The van der Waals surface area contributed by atoms with Crippen molar-refractivity contribution >= 4 is 24.2 Å². The maximum Gasteiger partial charge on any atom is 0.132 e. The van der Waals surface area contributed by atoms with Crippen LogP contribution in [0.25, 0.3) is 0 Å². The van der Waals surface area contributed by atoms with Crippen molar-refractivity contribution in [1.82, 2.24) is 10.2 Å².